The Hall–Kier alpha value is -1.51. The normalized spacial score (nSPS) is 19.3. The summed E-state index contributed by atoms with van der Waals surface area (Å²) in [6.45, 7) is 6.26. The molecule has 0 saturated carbocycles. The van der Waals surface area contributed by atoms with Crippen molar-refractivity contribution in [3.05, 3.63) is 29.8 Å². The van der Waals surface area contributed by atoms with Crippen LogP contribution in [0.5, 0.6) is 0 Å². The molecular weight excluding hydrogens is 224 g/mol. The summed E-state index contributed by atoms with van der Waals surface area (Å²) in [5.74, 6) is 1.46. The average Bonchev–Trinajstić information content (AvgIpc) is 2.87. The van der Waals surface area contributed by atoms with Gasteiger partial charge < -0.3 is 10.2 Å². The number of anilines is 1. The Bertz CT molecular complexity index is 428. The summed E-state index contributed by atoms with van der Waals surface area (Å²) in [5, 5.41) is 3.09. The van der Waals surface area contributed by atoms with Crippen LogP contribution in [0, 0.1) is 11.8 Å². The van der Waals surface area contributed by atoms with E-state index in [1.165, 1.54) is 0 Å². The molecule has 1 fully saturated rings. The largest absolute Gasteiger partial charge is 0.387 e. The molecule has 1 N–H and O–H groups in total. The summed E-state index contributed by atoms with van der Waals surface area (Å²) in [5.41, 5.74) is 1.69. The fraction of sp³-hybridized carbons (Fsp3) is 0.533. The van der Waals surface area contributed by atoms with Crippen LogP contribution in [0.4, 0.5) is 5.69 Å². The number of benzene rings is 1. The van der Waals surface area contributed by atoms with Gasteiger partial charge in [-0.15, -0.1) is 0 Å². The first-order valence-electron chi connectivity index (χ1n) is 6.69. The van der Waals surface area contributed by atoms with Crippen molar-refractivity contribution in [2.24, 2.45) is 11.8 Å². The summed E-state index contributed by atoms with van der Waals surface area (Å²) in [6, 6.07) is 7.72. The zero-order chi connectivity index (χ0) is 13.1. The van der Waals surface area contributed by atoms with Gasteiger partial charge in [0.15, 0.2) is 0 Å². The third-order valence-corrected chi connectivity index (χ3v) is 3.88. The number of rotatable bonds is 3. The van der Waals surface area contributed by atoms with Crippen LogP contribution in [0.1, 0.15) is 30.6 Å². The highest BCUT2D eigenvalue weighted by atomic mass is 16.2. The second-order valence-electron chi connectivity index (χ2n) is 5.34. The van der Waals surface area contributed by atoms with Crippen molar-refractivity contribution < 1.29 is 4.79 Å². The third-order valence-electron chi connectivity index (χ3n) is 3.88. The topological polar surface area (TPSA) is 32.3 Å². The third kappa shape index (κ3) is 2.50. The van der Waals surface area contributed by atoms with E-state index in [0.29, 0.717) is 11.8 Å². The molecule has 1 atom stereocenters. The van der Waals surface area contributed by atoms with Gasteiger partial charge in [-0.3, -0.25) is 4.79 Å². The highest BCUT2D eigenvalue weighted by molar-refractivity contribution is 5.99. The molecule has 3 nitrogen and oxygen atoms in total. The monoisotopic (exact) mass is 246 g/mol. The predicted molar refractivity (Wildman–Crippen MR) is 74.8 cm³/mol. The van der Waals surface area contributed by atoms with Crippen LogP contribution < -0.4 is 5.32 Å². The SMILES string of the molecule is CNc1ccccc1C(=O)N1CCC(C(C)C)C1. The molecule has 1 heterocycles. The number of para-hydroxylation sites is 1. The van der Waals surface area contributed by atoms with E-state index in [1.807, 2.05) is 36.2 Å². The average molecular weight is 246 g/mol. The van der Waals surface area contributed by atoms with E-state index < -0.39 is 0 Å². The quantitative estimate of drug-likeness (QED) is 0.889. The second kappa shape index (κ2) is 5.42. The van der Waals surface area contributed by atoms with Gasteiger partial charge in [-0.1, -0.05) is 26.0 Å². The van der Waals surface area contributed by atoms with Crippen LogP contribution in [0.25, 0.3) is 0 Å². The van der Waals surface area contributed by atoms with Crippen LogP contribution in [0.2, 0.25) is 0 Å². The molecule has 0 radical (unpaired) electrons. The molecule has 0 aliphatic carbocycles. The maximum absolute atomic E-state index is 12.5. The Labute approximate surface area is 109 Å². The molecule has 0 aromatic heterocycles. The van der Waals surface area contributed by atoms with Gasteiger partial charge in [0, 0.05) is 25.8 Å². The summed E-state index contributed by atoms with van der Waals surface area (Å²) in [7, 11) is 1.85. The number of hydrogen-bond donors (Lipinski definition) is 1. The van der Waals surface area contributed by atoms with Gasteiger partial charge in [0.1, 0.15) is 0 Å². The van der Waals surface area contributed by atoms with Crippen molar-refractivity contribution in [1.29, 1.82) is 0 Å². The van der Waals surface area contributed by atoms with E-state index in [9.17, 15) is 4.79 Å². The zero-order valence-electron chi connectivity index (χ0n) is 11.4. The molecule has 0 bridgehead atoms. The maximum Gasteiger partial charge on any atom is 0.255 e. The van der Waals surface area contributed by atoms with Crippen LogP contribution in [-0.4, -0.2) is 30.9 Å². The smallest absolute Gasteiger partial charge is 0.255 e. The van der Waals surface area contributed by atoms with E-state index in [-0.39, 0.29) is 5.91 Å². The number of likely N-dealkylation sites (tertiary alicyclic amines) is 1. The van der Waals surface area contributed by atoms with Gasteiger partial charge in [0.25, 0.3) is 5.91 Å². The van der Waals surface area contributed by atoms with Gasteiger partial charge in [0.05, 0.1) is 5.56 Å². The van der Waals surface area contributed by atoms with E-state index in [4.69, 9.17) is 0 Å². The van der Waals surface area contributed by atoms with E-state index >= 15 is 0 Å². The Kier molecular flexibility index (Phi) is 3.90. The fourth-order valence-corrected chi connectivity index (χ4v) is 2.57. The molecular formula is C15H22N2O. The Morgan fingerprint density at radius 2 is 2.11 bits per heavy atom. The molecule has 1 aliphatic heterocycles. The minimum atomic E-state index is 0.156. The van der Waals surface area contributed by atoms with E-state index in [1.54, 1.807) is 0 Å². The molecule has 2 rings (SSSR count). The second-order valence-corrected chi connectivity index (χ2v) is 5.34. The molecule has 1 unspecified atom stereocenters. The van der Waals surface area contributed by atoms with Crippen molar-refractivity contribution in [1.82, 2.24) is 4.90 Å². The minimum absolute atomic E-state index is 0.156. The zero-order valence-corrected chi connectivity index (χ0v) is 11.4. The summed E-state index contributed by atoms with van der Waals surface area (Å²) in [4.78, 5) is 14.5. The Morgan fingerprint density at radius 3 is 2.72 bits per heavy atom. The number of carbonyl (C=O) groups is 1. The lowest BCUT2D eigenvalue weighted by atomic mass is 9.95. The van der Waals surface area contributed by atoms with Crippen molar-refractivity contribution >= 4 is 11.6 Å². The highest BCUT2D eigenvalue weighted by Gasteiger charge is 2.29. The number of amides is 1. The number of nitrogens with zero attached hydrogens (tertiary/aromatic N) is 1. The van der Waals surface area contributed by atoms with Crippen molar-refractivity contribution in [2.75, 3.05) is 25.5 Å². The molecule has 1 aliphatic rings. The van der Waals surface area contributed by atoms with Gasteiger partial charge in [-0.05, 0) is 30.4 Å². The lowest BCUT2D eigenvalue weighted by molar-refractivity contribution is 0.0785. The van der Waals surface area contributed by atoms with Crippen LogP contribution >= 0.6 is 0 Å². The van der Waals surface area contributed by atoms with Crippen molar-refractivity contribution in [3.8, 4) is 0 Å². The summed E-state index contributed by atoms with van der Waals surface area (Å²) >= 11 is 0. The molecule has 1 saturated heterocycles. The van der Waals surface area contributed by atoms with E-state index in [2.05, 4.69) is 19.2 Å². The Morgan fingerprint density at radius 1 is 1.39 bits per heavy atom. The number of carbonyl (C=O) groups excluding carboxylic acids is 1. The molecule has 0 spiro atoms. The van der Waals surface area contributed by atoms with Gasteiger partial charge in [0.2, 0.25) is 0 Å². The number of nitrogens with one attached hydrogen (secondary N) is 1. The Balaban J connectivity index is 2.13. The van der Waals surface area contributed by atoms with Gasteiger partial charge in [-0.2, -0.15) is 0 Å². The molecule has 1 amide bonds. The first-order valence-corrected chi connectivity index (χ1v) is 6.69. The molecule has 98 valence electrons. The maximum atomic E-state index is 12.5. The van der Waals surface area contributed by atoms with Gasteiger partial charge in [-0.25, -0.2) is 0 Å². The molecule has 3 heteroatoms. The lowest BCUT2D eigenvalue weighted by Crippen LogP contribution is -2.29. The molecule has 1 aromatic rings. The first kappa shape index (κ1) is 12.9. The van der Waals surface area contributed by atoms with Crippen molar-refractivity contribution in [2.45, 2.75) is 20.3 Å². The predicted octanol–water partition coefficient (Wildman–Crippen LogP) is 2.85. The highest BCUT2D eigenvalue weighted by Crippen LogP contribution is 2.26. The number of hydrogen-bond acceptors (Lipinski definition) is 2. The summed E-state index contributed by atoms with van der Waals surface area (Å²) < 4.78 is 0. The fourth-order valence-electron chi connectivity index (χ4n) is 2.57. The molecule has 1 aromatic carbocycles. The van der Waals surface area contributed by atoms with Crippen LogP contribution in [0.15, 0.2) is 24.3 Å². The van der Waals surface area contributed by atoms with Crippen LogP contribution in [0.3, 0.4) is 0 Å². The molecule has 18 heavy (non-hydrogen) atoms. The minimum Gasteiger partial charge on any atom is -0.387 e. The van der Waals surface area contributed by atoms with Crippen molar-refractivity contribution in [3.63, 3.8) is 0 Å². The van der Waals surface area contributed by atoms with E-state index in [0.717, 1.165) is 30.8 Å². The summed E-state index contributed by atoms with van der Waals surface area (Å²) in [6.07, 6.45) is 1.13. The first-order chi connectivity index (χ1) is 8.63. The standard InChI is InChI=1S/C15H22N2O/c1-11(2)12-8-9-17(10-12)15(18)13-6-4-5-7-14(13)16-3/h4-7,11-12,16H,8-10H2,1-3H3. The lowest BCUT2D eigenvalue weighted by Gasteiger charge is -2.19. The van der Waals surface area contributed by atoms with Crippen LogP contribution in [-0.2, 0) is 0 Å². The van der Waals surface area contributed by atoms with Gasteiger partial charge >= 0.3 is 0 Å².